The molecule has 156 valence electrons. The van der Waals surface area contributed by atoms with Crippen LogP contribution in [-0.2, 0) is 13.0 Å². The molecular weight excluding hydrogens is 380 g/mol. The van der Waals surface area contributed by atoms with Crippen LogP contribution in [-0.4, -0.2) is 58.9 Å². The number of carbonyl (C=O) groups is 1. The van der Waals surface area contributed by atoms with E-state index in [1.165, 1.54) is 6.07 Å². The lowest BCUT2D eigenvalue weighted by Gasteiger charge is -2.35. The second-order valence-electron chi connectivity index (χ2n) is 7.36. The number of carbonyl (C=O) groups excluding carboxylic acids is 1. The Hall–Kier alpha value is -3.26. The molecule has 1 amide bonds. The van der Waals surface area contributed by atoms with Crippen molar-refractivity contribution in [1.29, 1.82) is 0 Å². The van der Waals surface area contributed by atoms with Crippen LogP contribution in [0.15, 0.2) is 41.5 Å². The Kier molecular flexibility index (Phi) is 4.75. The highest BCUT2D eigenvalue weighted by Crippen LogP contribution is 2.18. The quantitative estimate of drug-likeness (QED) is 0.664. The molecule has 8 nitrogen and oxygen atoms in total. The number of pyridine rings is 3. The van der Waals surface area contributed by atoms with Gasteiger partial charge in [-0.1, -0.05) is 6.92 Å². The number of aromatic amines is 1. The third-order valence-corrected chi connectivity index (χ3v) is 5.46. The molecule has 0 aromatic carbocycles. The van der Waals surface area contributed by atoms with Gasteiger partial charge in [0.1, 0.15) is 5.69 Å². The molecule has 0 unspecified atom stereocenters. The first kappa shape index (κ1) is 16.5. The molecule has 1 aliphatic rings. The summed E-state index contributed by atoms with van der Waals surface area (Å²) in [5.41, 5.74) is 3.37. The van der Waals surface area contributed by atoms with Gasteiger partial charge in [0, 0.05) is 61.0 Å². The average Bonchev–Trinajstić information content (AvgIpc) is 2.78. The summed E-state index contributed by atoms with van der Waals surface area (Å²) in [7, 11) is 0. The number of piperazine rings is 1. The maximum absolute atomic E-state index is 12.1. The molecule has 0 atom stereocenters. The lowest BCUT2D eigenvalue weighted by Crippen LogP contribution is -2.46. The summed E-state index contributed by atoms with van der Waals surface area (Å²) in [6, 6.07) is 7.15. The van der Waals surface area contributed by atoms with E-state index in [1.807, 2.05) is 30.6 Å². The zero-order valence-corrected chi connectivity index (χ0v) is 16.8. The molecule has 0 radical (unpaired) electrons. The monoisotopic (exact) mass is 409 g/mol. The van der Waals surface area contributed by atoms with Crippen LogP contribution in [0, 0.1) is 0 Å². The fraction of sp³-hybridized carbons (Fsp3) is 0.364. The molecule has 0 saturated carbocycles. The molecule has 3 aromatic heterocycles. The van der Waals surface area contributed by atoms with Gasteiger partial charge in [-0.25, -0.2) is 4.98 Å². The molecule has 4 heterocycles. The number of hydrogen-bond donors (Lipinski definition) is 2. The minimum absolute atomic E-state index is 0.0497. The van der Waals surface area contributed by atoms with Gasteiger partial charge in [-0.3, -0.25) is 19.5 Å². The van der Waals surface area contributed by atoms with E-state index >= 15 is 0 Å². The molecule has 0 bridgehead atoms. The minimum Gasteiger partial charge on any atom is -0.368 e. The van der Waals surface area contributed by atoms with Crippen molar-refractivity contribution in [3.05, 3.63) is 64.0 Å². The second-order valence-corrected chi connectivity index (χ2v) is 7.36. The zero-order valence-electron chi connectivity index (χ0n) is 19.8. The van der Waals surface area contributed by atoms with Gasteiger partial charge in [0.15, 0.2) is 0 Å². The van der Waals surface area contributed by atoms with Gasteiger partial charge in [0.2, 0.25) is 0 Å². The van der Waals surface area contributed by atoms with Gasteiger partial charge in [-0.05, 0) is 30.7 Å². The third kappa shape index (κ3) is 4.18. The highest BCUT2D eigenvalue weighted by molar-refractivity contribution is 5.92. The van der Waals surface area contributed by atoms with Gasteiger partial charge in [0.25, 0.3) is 11.5 Å². The zero-order chi connectivity index (χ0) is 23.6. The topological polar surface area (TPSA) is 94.2 Å². The molecule has 0 aliphatic carbocycles. The van der Waals surface area contributed by atoms with Crippen LogP contribution >= 0.6 is 0 Å². The molecule has 3 aromatic rings. The minimum atomic E-state index is -2.54. The summed E-state index contributed by atoms with van der Waals surface area (Å²) < 4.78 is 21.4. The summed E-state index contributed by atoms with van der Waals surface area (Å²) in [6.45, 7) is 3.33. The molecule has 8 heteroatoms. The van der Waals surface area contributed by atoms with Crippen molar-refractivity contribution in [1.82, 2.24) is 25.2 Å². The van der Waals surface area contributed by atoms with Crippen molar-refractivity contribution in [2.24, 2.45) is 0 Å². The fourth-order valence-corrected chi connectivity index (χ4v) is 3.70. The number of aryl methyl sites for hydroxylation is 1. The van der Waals surface area contributed by atoms with Crippen LogP contribution in [0.4, 0.5) is 5.69 Å². The Morgan fingerprint density at radius 1 is 1.20 bits per heavy atom. The Balaban J connectivity index is 1.35. The number of fused-ring (bicyclic) bond motifs is 1. The van der Waals surface area contributed by atoms with Crippen molar-refractivity contribution in [2.45, 2.75) is 19.9 Å². The maximum Gasteiger partial charge on any atom is 0.269 e. The molecular formula is C22H26N6O2. The molecule has 1 fully saturated rings. The van der Waals surface area contributed by atoms with Gasteiger partial charge < -0.3 is 15.2 Å². The first-order valence-electron chi connectivity index (χ1n) is 11.5. The number of aromatic nitrogens is 3. The second kappa shape index (κ2) is 8.62. The van der Waals surface area contributed by atoms with E-state index in [2.05, 4.69) is 24.8 Å². The molecule has 1 aliphatic heterocycles. The average molecular weight is 410 g/mol. The number of nitrogens with one attached hydrogen (secondary N) is 2. The van der Waals surface area contributed by atoms with Gasteiger partial charge >= 0.3 is 0 Å². The van der Waals surface area contributed by atoms with Crippen molar-refractivity contribution in [3.8, 4) is 0 Å². The Labute approximate surface area is 179 Å². The van der Waals surface area contributed by atoms with Crippen LogP contribution in [0.1, 0.15) is 32.8 Å². The van der Waals surface area contributed by atoms with Gasteiger partial charge in [-0.15, -0.1) is 0 Å². The van der Waals surface area contributed by atoms with Crippen LogP contribution < -0.4 is 15.8 Å². The largest absolute Gasteiger partial charge is 0.368 e. The lowest BCUT2D eigenvalue weighted by molar-refractivity contribution is 0.0958. The highest BCUT2D eigenvalue weighted by Gasteiger charge is 2.18. The van der Waals surface area contributed by atoms with Crippen molar-refractivity contribution < 1.29 is 8.91 Å². The standard InChI is InChI=1S/C22H26N6O2/c1-3-15-10-16-12-24-17(11-20(16)26-21(15)29)14-27-6-8-28(9-7-27)18-4-5-19(25-13-18)22(30)23-2/h4-5,10-13H,3,6-9,14H2,1-2H3,(H,23,30)(H,26,29)/i2D3. The van der Waals surface area contributed by atoms with Gasteiger partial charge in [-0.2, -0.15) is 0 Å². The predicted molar refractivity (Wildman–Crippen MR) is 117 cm³/mol. The van der Waals surface area contributed by atoms with Crippen molar-refractivity contribution in [3.63, 3.8) is 0 Å². The number of hydrogen-bond acceptors (Lipinski definition) is 6. The van der Waals surface area contributed by atoms with E-state index in [9.17, 15) is 9.59 Å². The summed E-state index contributed by atoms with van der Waals surface area (Å²) in [4.78, 5) is 40.1. The summed E-state index contributed by atoms with van der Waals surface area (Å²) >= 11 is 0. The lowest BCUT2D eigenvalue weighted by atomic mass is 10.1. The number of nitrogens with zero attached hydrogens (tertiary/aromatic N) is 4. The third-order valence-electron chi connectivity index (χ3n) is 5.46. The highest BCUT2D eigenvalue weighted by atomic mass is 16.1. The summed E-state index contributed by atoms with van der Waals surface area (Å²) in [5.74, 6) is -0.721. The molecule has 30 heavy (non-hydrogen) atoms. The van der Waals surface area contributed by atoms with E-state index in [0.29, 0.717) is 13.0 Å². The molecule has 0 spiro atoms. The first-order chi connectivity index (χ1) is 15.7. The first-order valence-corrected chi connectivity index (χ1v) is 9.98. The SMILES string of the molecule is [2H]C([2H])([2H])NC(=O)c1ccc(N2CCN(Cc3cc4[nH]c(=O)c(CC)cc4cn3)CC2)cn1. The molecule has 2 N–H and O–H groups in total. The molecule has 1 saturated heterocycles. The molecule has 4 rings (SSSR count). The van der Waals surface area contributed by atoms with Crippen molar-refractivity contribution in [2.75, 3.05) is 38.1 Å². The summed E-state index contributed by atoms with van der Waals surface area (Å²) in [6.07, 6.45) is 4.09. The van der Waals surface area contributed by atoms with Crippen LogP contribution in [0.3, 0.4) is 0 Å². The predicted octanol–water partition coefficient (Wildman–Crippen LogP) is 1.56. The Bertz CT molecular complexity index is 1200. The Morgan fingerprint density at radius 2 is 2.03 bits per heavy atom. The number of anilines is 1. The number of H-pyrrole nitrogens is 1. The fourth-order valence-electron chi connectivity index (χ4n) is 3.70. The van der Waals surface area contributed by atoms with E-state index in [0.717, 1.165) is 54.0 Å². The van der Waals surface area contributed by atoms with Gasteiger partial charge in [0.05, 0.1) is 23.1 Å². The van der Waals surface area contributed by atoms with E-state index < -0.39 is 12.9 Å². The van der Waals surface area contributed by atoms with Crippen molar-refractivity contribution >= 4 is 22.5 Å². The van der Waals surface area contributed by atoms with E-state index in [4.69, 9.17) is 4.11 Å². The van der Waals surface area contributed by atoms with E-state index in [-0.39, 0.29) is 11.3 Å². The maximum atomic E-state index is 12.1. The normalized spacial score (nSPS) is 16.7. The van der Waals surface area contributed by atoms with Crippen LogP contribution in [0.2, 0.25) is 0 Å². The Morgan fingerprint density at radius 3 is 2.73 bits per heavy atom. The smallest absolute Gasteiger partial charge is 0.269 e. The van der Waals surface area contributed by atoms with Crippen LogP contribution in [0.25, 0.3) is 10.9 Å². The van der Waals surface area contributed by atoms with E-state index in [1.54, 1.807) is 12.3 Å². The number of amides is 1. The number of rotatable bonds is 5. The van der Waals surface area contributed by atoms with Crippen LogP contribution in [0.5, 0.6) is 0 Å². The summed E-state index contributed by atoms with van der Waals surface area (Å²) in [5, 5.41) is 2.87.